The minimum absolute atomic E-state index is 0.0576. The Morgan fingerprint density at radius 2 is 2.17 bits per heavy atom. The summed E-state index contributed by atoms with van der Waals surface area (Å²) in [6.45, 7) is 4.19. The summed E-state index contributed by atoms with van der Waals surface area (Å²) in [7, 11) is 0. The third-order valence-electron chi connectivity index (χ3n) is 6.73. The lowest BCUT2D eigenvalue weighted by molar-refractivity contribution is 0.195. The maximum Gasteiger partial charge on any atom is 0.138 e. The molecule has 1 fully saturated rings. The molecule has 1 aliphatic heterocycles. The first kappa shape index (κ1) is 19.9. The van der Waals surface area contributed by atoms with E-state index >= 15 is 4.39 Å². The van der Waals surface area contributed by atoms with Gasteiger partial charge in [0.2, 0.25) is 0 Å². The van der Waals surface area contributed by atoms with Gasteiger partial charge in [-0.3, -0.25) is 0 Å². The number of rotatable bonds is 3. The molecule has 1 aliphatic carbocycles. The molecule has 1 saturated carbocycles. The van der Waals surface area contributed by atoms with Gasteiger partial charge in [-0.2, -0.15) is 5.26 Å². The van der Waals surface area contributed by atoms with Crippen LogP contribution in [-0.4, -0.2) is 16.6 Å². The van der Waals surface area contributed by atoms with Crippen LogP contribution < -0.4 is 11.1 Å². The highest BCUT2D eigenvalue weighted by Gasteiger charge is 2.53. The number of fused-ring (bicyclic) bond motifs is 2. The average molecular weight is 415 g/mol. The Morgan fingerprint density at radius 3 is 2.79 bits per heavy atom. The number of nitrogens with two attached hydrogens (primary N) is 1. The van der Waals surface area contributed by atoms with Crippen molar-refractivity contribution >= 4 is 23.1 Å². The summed E-state index contributed by atoms with van der Waals surface area (Å²) >= 11 is 6.86. The van der Waals surface area contributed by atoms with Crippen molar-refractivity contribution in [3.8, 4) is 17.2 Å². The van der Waals surface area contributed by atoms with Gasteiger partial charge in [0.25, 0.3) is 0 Å². The van der Waals surface area contributed by atoms with Gasteiger partial charge in [-0.05, 0) is 44.7 Å². The highest BCUT2D eigenvalue weighted by molar-refractivity contribution is 6.34. The molecular formula is C22H24ClFN4O. The summed E-state index contributed by atoms with van der Waals surface area (Å²) in [5, 5.41) is 23.5. The molecule has 0 radical (unpaired) electrons. The Bertz CT molecular complexity index is 1030. The predicted molar refractivity (Wildman–Crippen MR) is 112 cm³/mol. The van der Waals surface area contributed by atoms with Crippen molar-refractivity contribution in [2.24, 2.45) is 5.41 Å². The van der Waals surface area contributed by atoms with Crippen LogP contribution in [0.25, 0.3) is 11.1 Å². The maximum absolute atomic E-state index is 15.2. The van der Waals surface area contributed by atoms with Crippen molar-refractivity contribution in [3.63, 3.8) is 0 Å². The summed E-state index contributed by atoms with van der Waals surface area (Å²) < 4.78 is 15.2. The molecule has 1 aromatic carbocycles. The number of benzene rings is 1. The molecule has 3 atom stereocenters. The topological polar surface area (TPSA) is 95.0 Å². The fourth-order valence-corrected chi connectivity index (χ4v) is 5.46. The van der Waals surface area contributed by atoms with Gasteiger partial charge in [-0.15, -0.1) is 0 Å². The number of nitrogens with one attached hydrogen (secondary N) is 1. The molecule has 0 saturated heterocycles. The summed E-state index contributed by atoms with van der Waals surface area (Å²) in [5.74, 6) is 0.116. The Kier molecular flexibility index (Phi) is 4.71. The first-order chi connectivity index (χ1) is 13.8. The molecule has 1 spiro atoms. The Balaban J connectivity index is 1.86. The third kappa shape index (κ3) is 2.87. The molecule has 29 heavy (non-hydrogen) atoms. The number of nitrogen functional groups attached to an aromatic ring is 1. The quantitative estimate of drug-likeness (QED) is 0.618. The number of aliphatic hydroxyl groups is 1. The van der Waals surface area contributed by atoms with Crippen LogP contribution in [0.2, 0.25) is 5.02 Å². The summed E-state index contributed by atoms with van der Waals surface area (Å²) in [5.41, 5.74) is 7.08. The van der Waals surface area contributed by atoms with Crippen LogP contribution in [0.5, 0.6) is 0 Å². The van der Waals surface area contributed by atoms with Crippen LogP contribution in [0.15, 0.2) is 18.3 Å². The highest BCUT2D eigenvalue weighted by atomic mass is 35.5. The largest absolute Gasteiger partial charge is 0.398 e. The Hall–Kier alpha value is -2.36. The van der Waals surface area contributed by atoms with Crippen molar-refractivity contribution < 1.29 is 9.50 Å². The van der Waals surface area contributed by atoms with E-state index < -0.39 is 11.9 Å². The molecule has 5 nitrogen and oxygen atoms in total. The lowest BCUT2D eigenvalue weighted by atomic mass is 9.75. The van der Waals surface area contributed by atoms with Crippen molar-refractivity contribution in [1.29, 1.82) is 5.26 Å². The number of aliphatic hydroxyl groups excluding tert-OH is 1. The molecule has 4 N–H and O–H groups in total. The first-order valence-electron chi connectivity index (χ1n) is 9.88. The molecule has 152 valence electrons. The fraction of sp³-hybridized carbons (Fsp3) is 0.455. The van der Waals surface area contributed by atoms with E-state index in [1.807, 2.05) is 6.92 Å². The highest BCUT2D eigenvalue weighted by Crippen LogP contribution is 2.58. The minimum atomic E-state index is -1.04. The second kappa shape index (κ2) is 6.86. The van der Waals surface area contributed by atoms with Crippen molar-refractivity contribution in [1.82, 2.24) is 4.98 Å². The summed E-state index contributed by atoms with van der Waals surface area (Å²) in [6, 6.07) is 5.66. The maximum atomic E-state index is 15.2. The number of nitriles is 1. The zero-order valence-electron chi connectivity index (χ0n) is 16.5. The summed E-state index contributed by atoms with van der Waals surface area (Å²) in [6.07, 6.45) is 3.66. The smallest absolute Gasteiger partial charge is 0.138 e. The third-order valence-corrected chi connectivity index (χ3v) is 7.13. The van der Waals surface area contributed by atoms with Crippen molar-refractivity contribution in [3.05, 3.63) is 40.3 Å². The molecule has 1 aromatic heterocycles. The zero-order chi connectivity index (χ0) is 21.0. The monoisotopic (exact) mass is 414 g/mol. The van der Waals surface area contributed by atoms with Crippen LogP contribution in [-0.2, 0) is 5.41 Å². The van der Waals surface area contributed by atoms with Gasteiger partial charge in [0.05, 0.1) is 22.6 Å². The SMILES string of the molecule is CCC1(C#N)CCC2(CNc3ncc(-c4ccc(N)c(C(C)O)c4F)c(Cl)c32)C1. The van der Waals surface area contributed by atoms with Gasteiger partial charge in [0.1, 0.15) is 11.6 Å². The van der Waals surface area contributed by atoms with Gasteiger partial charge >= 0.3 is 0 Å². The van der Waals surface area contributed by atoms with Gasteiger partial charge in [-0.1, -0.05) is 18.5 Å². The van der Waals surface area contributed by atoms with Gasteiger partial charge < -0.3 is 16.2 Å². The predicted octanol–water partition coefficient (Wildman–Crippen LogP) is 4.94. The van der Waals surface area contributed by atoms with Gasteiger partial charge in [0, 0.05) is 46.1 Å². The number of nitrogens with zero attached hydrogens (tertiary/aromatic N) is 2. The van der Waals surface area contributed by atoms with Crippen LogP contribution in [0.4, 0.5) is 15.9 Å². The minimum Gasteiger partial charge on any atom is -0.398 e. The van der Waals surface area contributed by atoms with Gasteiger partial charge in [0.15, 0.2) is 0 Å². The molecule has 4 rings (SSSR count). The number of hydrogen-bond donors (Lipinski definition) is 3. The molecule has 7 heteroatoms. The van der Waals surface area contributed by atoms with Crippen LogP contribution >= 0.6 is 11.6 Å². The Labute approximate surface area is 174 Å². The van der Waals surface area contributed by atoms with E-state index in [4.69, 9.17) is 17.3 Å². The molecular weight excluding hydrogens is 391 g/mol. The van der Waals surface area contributed by atoms with Crippen molar-refractivity contribution in [2.75, 3.05) is 17.6 Å². The molecule has 2 aromatic rings. The molecule has 3 unspecified atom stereocenters. The lowest BCUT2D eigenvalue weighted by Gasteiger charge is -2.27. The number of pyridine rings is 1. The number of hydrogen-bond acceptors (Lipinski definition) is 5. The standard InChI is InChI=1S/C22H24ClFN4O/c1-3-21(10-25)6-7-22(9-21)11-28-20-17(22)18(23)14(8-27-20)13-4-5-15(26)16(12(2)29)19(13)24/h4-5,8,12,29H,3,6-7,9,11,26H2,1-2H3,(H,27,28). The molecule has 2 aliphatic rings. The van der Waals surface area contributed by atoms with E-state index in [-0.39, 0.29) is 27.6 Å². The number of halogens is 2. The van der Waals surface area contributed by atoms with E-state index in [0.29, 0.717) is 29.4 Å². The first-order valence-corrected chi connectivity index (χ1v) is 10.3. The van der Waals surface area contributed by atoms with E-state index in [0.717, 1.165) is 24.8 Å². The zero-order valence-corrected chi connectivity index (χ0v) is 17.3. The van der Waals surface area contributed by atoms with E-state index in [1.54, 1.807) is 18.3 Å². The van der Waals surface area contributed by atoms with Crippen LogP contribution in [0, 0.1) is 22.6 Å². The van der Waals surface area contributed by atoms with Crippen molar-refractivity contribution in [2.45, 2.75) is 51.0 Å². The lowest BCUT2D eigenvalue weighted by Crippen LogP contribution is -2.27. The molecule has 0 bridgehead atoms. The van der Waals surface area contributed by atoms with E-state index in [2.05, 4.69) is 16.4 Å². The molecule has 2 heterocycles. The number of anilines is 2. The normalized spacial score (nSPS) is 26.2. The van der Waals surface area contributed by atoms with Crippen LogP contribution in [0.1, 0.15) is 56.8 Å². The molecule has 0 amide bonds. The second-order valence-corrected chi connectivity index (χ2v) is 8.75. The average Bonchev–Trinajstić information content (AvgIpc) is 3.25. The van der Waals surface area contributed by atoms with Crippen LogP contribution in [0.3, 0.4) is 0 Å². The number of aromatic nitrogens is 1. The second-order valence-electron chi connectivity index (χ2n) is 8.37. The fourth-order valence-electron chi connectivity index (χ4n) is 5.02. The van der Waals surface area contributed by atoms with E-state index in [1.165, 1.54) is 6.92 Å². The Morgan fingerprint density at radius 1 is 1.41 bits per heavy atom. The van der Waals surface area contributed by atoms with E-state index in [9.17, 15) is 10.4 Å². The van der Waals surface area contributed by atoms with Gasteiger partial charge in [-0.25, -0.2) is 9.37 Å². The summed E-state index contributed by atoms with van der Waals surface area (Å²) in [4.78, 5) is 4.51.